The van der Waals surface area contributed by atoms with Crippen LogP contribution in [-0.4, -0.2) is 46.5 Å². The number of aromatic nitrogens is 3. The molecule has 3 rings (SSSR count). The Morgan fingerprint density at radius 3 is 2.79 bits per heavy atom. The highest BCUT2D eigenvalue weighted by Gasteiger charge is 2.23. The second-order valence-corrected chi connectivity index (χ2v) is 7.68. The van der Waals surface area contributed by atoms with Crippen molar-refractivity contribution in [3.8, 4) is 11.5 Å². The van der Waals surface area contributed by atoms with Crippen LogP contribution in [-0.2, 0) is 4.79 Å². The molecule has 1 aromatic carbocycles. The molecule has 0 spiro atoms. The molecule has 1 aliphatic rings. The van der Waals surface area contributed by atoms with Crippen LogP contribution in [0.3, 0.4) is 0 Å². The van der Waals surface area contributed by atoms with Gasteiger partial charge in [0.15, 0.2) is 17.3 Å². The molecule has 0 amide bonds. The van der Waals surface area contributed by atoms with Gasteiger partial charge in [0.25, 0.3) is 0 Å². The van der Waals surface area contributed by atoms with Gasteiger partial charge in [-0.1, -0.05) is 31.0 Å². The van der Waals surface area contributed by atoms with Gasteiger partial charge in [0.1, 0.15) is 0 Å². The van der Waals surface area contributed by atoms with Crippen molar-refractivity contribution < 1.29 is 19.4 Å². The van der Waals surface area contributed by atoms with Crippen LogP contribution in [0.15, 0.2) is 28.5 Å². The monoisotopic (exact) mass is 417 g/mol. The Morgan fingerprint density at radius 1 is 1.31 bits per heavy atom. The summed E-state index contributed by atoms with van der Waals surface area (Å²) in [5.41, 5.74) is 0.824. The lowest BCUT2D eigenvalue weighted by Crippen LogP contribution is -2.24. The normalized spacial score (nSPS) is 15.0. The first-order valence-corrected chi connectivity index (χ1v) is 10.7. The minimum atomic E-state index is -1.15. The number of hydrogen-bond donors (Lipinski definition) is 0. The van der Waals surface area contributed by atoms with Gasteiger partial charge in [-0.15, -0.1) is 10.2 Å². The van der Waals surface area contributed by atoms with Crippen LogP contribution in [0.2, 0.25) is 0 Å². The van der Waals surface area contributed by atoms with Crippen molar-refractivity contribution in [1.29, 1.82) is 0 Å². The van der Waals surface area contributed by atoms with Crippen molar-refractivity contribution in [2.75, 3.05) is 19.5 Å². The fraction of sp³-hybridized carbons (Fsp3) is 0.500. The molecule has 8 nitrogen and oxygen atoms in total. The number of methoxy groups -OCH3 is 1. The molecule has 156 valence electrons. The average molecular weight is 418 g/mol. The van der Waals surface area contributed by atoms with E-state index in [1.807, 2.05) is 25.1 Å². The van der Waals surface area contributed by atoms with Gasteiger partial charge < -0.3 is 19.4 Å². The maximum Gasteiger partial charge on any atom is 0.212 e. The predicted molar refractivity (Wildman–Crippen MR) is 109 cm³/mol. The van der Waals surface area contributed by atoms with E-state index in [0.29, 0.717) is 23.3 Å². The van der Waals surface area contributed by atoms with E-state index < -0.39 is 5.97 Å². The molecular formula is C20H25N4O4S-. The van der Waals surface area contributed by atoms with Crippen LogP contribution in [0.1, 0.15) is 56.3 Å². The fourth-order valence-corrected chi connectivity index (χ4v) is 3.99. The summed E-state index contributed by atoms with van der Waals surface area (Å²) in [6.07, 6.45) is 7.30. The van der Waals surface area contributed by atoms with Gasteiger partial charge in [-0.05, 0) is 43.5 Å². The number of aliphatic carboxylic acids is 1. The number of carboxylic acid groups (broad SMARTS) is 1. The number of carbonyl (C=O) groups is 1. The number of thioether (sulfide) groups is 1. The molecule has 0 bridgehead atoms. The molecule has 0 saturated heterocycles. The molecular weight excluding hydrogens is 392 g/mol. The Bertz CT molecular complexity index is 862. The number of carbonyl (C=O) groups excluding carboxylic acids is 1. The van der Waals surface area contributed by atoms with Gasteiger partial charge in [0.05, 0.1) is 25.9 Å². The van der Waals surface area contributed by atoms with Crippen molar-refractivity contribution >= 4 is 23.9 Å². The van der Waals surface area contributed by atoms with Crippen LogP contribution < -0.4 is 14.6 Å². The topological polar surface area (TPSA) is 102 Å². The van der Waals surface area contributed by atoms with E-state index >= 15 is 0 Å². The van der Waals surface area contributed by atoms with Gasteiger partial charge in [0, 0.05) is 11.7 Å². The molecule has 0 unspecified atom stereocenters. The molecule has 0 N–H and O–H groups in total. The van der Waals surface area contributed by atoms with E-state index in [-0.39, 0.29) is 11.7 Å². The summed E-state index contributed by atoms with van der Waals surface area (Å²) in [5, 5.41) is 24.4. The Labute approximate surface area is 174 Å². The highest BCUT2D eigenvalue weighted by atomic mass is 32.2. The van der Waals surface area contributed by atoms with Crippen LogP contribution in [0.4, 0.5) is 0 Å². The Kier molecular flexibility index (Phi) is 7.51. The number of rotatable bonds is 9. The third kappa shape index (κ3) is 5.50. The lowest BCUT2D eigenvalue weighted by Gasteiger charge is -2.20. The van der Waals surface area contributed by atoms with Gasteiger partial charge >= 0.3 is 0 Å². The number of hydrogen-bond acceptors (Lipinski definition) is 8. The van der Waals surface area contributed by atoms with Crippen LogP contribution in [0, 0.1) is 0 Å². The highest BCUT2D eigenvalue weighted by molar-refractivity contribution is 7.99. The lowest BCUT2D eigenvalue weighted by atomic mass is 9.89. The van der Waals surface area contributed by atoms with Crippen LogP contribution in [0.25, 0.3) is 0 Å². The van der Waals surface area contributed by atoms with E-state index in [1.54, 1.807) is 18.0 Å². The summed E-state index contributed by atoms with van der Waals surface area (Å²) in [6, 6.07) is 5.56. The van der Waals surface area contributed by atoms with E-state index in [9.17, 15) is 9.90 Å². The van der Waals surface area contributed by atoms with Crippen molar-refractivity contribution in [3.63, 3.8) is 0 Å². The van der Waals surface area contributed by atoms with Crippen molar-refractivity contribution in [2.24, 2.45) is 5.10 Å². The molecule has 2 aromatic rings. The Hall–Kier alpha value is -2.55. The van der Waals surface area contributed by atoms with Crippen molar-refractivity contribution in [3.05, 3.63) is 29.6 Å². The zero-order chi connectivity index (χ0) is 20.6. The smallest absolute Gasteiger partial charge is 0.212 e. The summed E-state index contributed by atoms with van der Waals surface area (Å²) in [6.45, 7) is 2.47. The highest BCUT2D eigenvalue weighted by Crippen LogP contribution is 2.33. The maximum atomic E-state index is 10.9. The standard InChI is InChI=1S/C20H26N4O4S/c1-3-28-16-10-9-14(11-17(16)27-2)12-21-24-19(15-7-5-4-6-8-15)22-23-20(24)29-13-18(25)26/h9-12,15H,3-8,13H2,1-2H3,(H,25,26)/p-1/b21-12-. The summed E-state index contributed by atoms with van der Waals surface area (Å²) in [7, 11) is 1.59. The molecule has 0 radical (unpaired) electrons. The molecule has 0 atom stereocenters. The lowest BCUT2D eigenvalue weighted by molar-refractivity contribution is -0.301. The van der Waals surface area contributed by atoms with Crippen molar-refractivity contribution in [2.45, 2.75) is 50.1 Å². The first-order valence-electron chi connectivity index (χ1n) is 9.75. The minimum Gasteiger partial charge on any atom is -0.549 e. The Balaban J connectivity index is 1.89. The second kappa shape index (κ2) is 10.3. The first kappa shape index (κ1) is 21.2. The predicted octanol–water partition coefficient (Wildman–Crippen LogP) is 2.46. The molecule has 1 fully saturated rings. The average Bonchev–Trinajstić information content (AvgIpc) is 3.15. The number of carboxylic acids is 1. The van der Waals surface area contributed by atoms with E-state index in [0.717, 1.165) is 48.8 Å². The molecule has 1 aromatic heterocycles. The quantitative estimate of drug-likeness (QED) is 0.456. The molecule has 9 heteroatoms. The fourth-order valence-electron chi connectivity index (χ4n) is 3.38. The number of ether oxygens (including phenoxy) is 2. The van der Waals surface area contributed by atoms with Gasteiger partial charge in [-0.2, -0.15) is 9.78 Å². The largest absolute Gasteiger partial charge is 0.549 e. The van der Waals surface area contributed by atoms with Crippen LogP contribution in [0.5, 0.6) is 11.5 Å². The van der Waals surface area contributed by atoms with E-state index in [4.69, 9.17) is 9.47 Å². The van der Waals surface area contributed by atoms with Crippen molar-refractivity contribution in [1.82, 2.24) is 14.9 Å². The third-order valence-corrected chi connectivity index (χ3v) is 5.63. The summed E-state index contributed by atoms with van der Waals surface area (Å²) in [5.74, 6) is 1.00. The second-order valence-electron chi connectivity index (χ2n) is 6.74. The molecule has 1 aliphatic carbocycles. The molecule has 0 aliphatic heterocycles. The van der Waals surface area contributed by atoms with E-state index in [1.165, 1.54) is 6.42 Å². The molecule has 29 heavy (non-hydrogen) atoms. The number of nitrogens with zero attached hydrogens (tertiary/aromatic N) is 4. The maximum absolute atomic E-state index is 10.9. The summed E-state index contributed by atoms with van der Waals surface area (Å²) < 4.78 is 12.6. The zero-order valence-electron chi connectivity index (χ0n) is 16.7. The van der Waals surface area contributed by atoms with E-state index in [2.05, 4.69) is 15.3 Å². The molecule has 1 saturated carbocycles. The molecule has 1 heterocycles. The third-order valence-electron chi connectivity index (χ3n) is 4.74. The SMILES string of the molecule is CCOc1ccc(/C=N\n2c(SCC(=O)[O-])nnc2C2CCCCC2)cc1OC. The first-order chi connectivity index (χ1) is 14.1. The van der Waals surface area contributed by atoms with Gasteiger partial charge in [-0.25, -0.2) is 0 Å². The minimum absolute atomic E-state index is 0.199. The summed E-state index contributed by atoms with van der Waals surface area (Å²) in [4.78, 5) is 10.9. The van der Waals surface area contributed by atoms with Gasteiger partial charge in [-0.3, -0.25) is 0 Å². The number of benzene rings is 1. The van der Waals surface area contributed by atoms with Gasteiger partial charge in [0.2, 0.25) is 5.16 Å². The Morgan fingerprint density at radius 2 is 2.10 bits per heavy atom. The summed E-state index contributed by atoms with van der Waals surface area (Å²) >= 11 is 1.06. The zero-order valence-corrected chi connectivity index (χ0v) is 17.5. The van der Waals surface area contributed by atoms with Crippen LogP contribution >= 0.6 is 11.8 Å².